The molecule has 94 valence electrons. The zero-order valence-corrected chi connectivity index (χ0v) is 10.1. The van der Waals surface area contributed by atoms with Gasteiger partial charge in [-0.3, -0.25) is 4.79 Å². The lowest BCUT2D eigenvalue weighted by atomic mass is 9.97. The molecular weight excluding hydrogens is 223 g/mol. The number of nitrogens with two attached hydrogens (primary N) is 1. The summed E-state index contributed by atoms with van der Waals surface area (Å²) in [6.45, 7) is 1.64. The van der Waals surface area contributed by atoms with E-state index in [1.807, 2.05) is 0 Å². The van der Waals surface area contributed by atoms with Gasteiger partial charge in [-0.1, -0.05) is 12.1 Å². The number of halogens is 1. The Labute approximate surface area is 99.8 Å². The molecule has 1 aromatic rings. The number of likely N-dealkylation sites (N-methyl/N-ethyl adjacent to an activating group) is 1. The fourth-order valence-electron chi connectivity index (χ4n) is 1.81. The van der Waals surface area contributed by atoms with Gasteiger partial charge in [0.2, 0.25) is 0 Å². The molecule has 1 rings (SSSR count). The highest BCUT2D eigenvalue weighted by Crippen LogP contribution is 2.23. The number of hydrogen-bond acceptors (Lipinski definition) is 3. The fraction of sp³-hybridized carbons (Fsp3) is 0.417. The summed E-state index contributed by atoms with van der Waals surface area (Å²) >= 11 is 0. The van der Waals surface area contributed by atoms with Crippen molar-refractivity contribution in [3.8, 4) is 0 Å². The van der Waals surface area contributed by atoms with Gasteiger partial charge in [0.05, 0.1) is 6.04 Å². The monoisotopic (exact) mass is 240 g/mol. The molecule has 17 heavy (non-hydrogen) atoms. The van der Waals surface area contributed by atoms with Crippen LogP contribution in [0.4, 0.5) is 4.39 Å². The lowest BCUT2D eigenvalue weighted by Gasteiger charge is -2.28. The minimum atomic E-state index is -1.08. The van der Waals surface area contributed by atoms with Crippen molar-refractivity contribution in [3.63, 3.8) is 0 Å². The van der Waals surface area contributed by atoms with Crippen LogP contribution in [-0.2, 0) is 4.79 Å². The molecule has 0 spiro atoms. The molecule has 0 amide bonds. The van der Waals surface area contributed by atoms with Gasteiger partial charge in [-0.05, 0) is 38.2 Å². The maximum absolute atomic E-state index is 13.2. The Hall–Kier alpha value is -1.46. The summed E-state index contributed by atoms with van der Waals surface area (Å²) in [5.41, 5.74) is 6.82. The number of carbonyl (C=O) groups is 1. The van der Waals surface area contributed by atoms with Crippen LogP contribution in [0.25, 0.3) is 0 Å². The Bertz CT molecular complexity index is 421. The number of nitrogens with zero attached hydrogens (tertiary/aromatic N) is 1. The van der Waals surface area contributed by atoms with Crippen LogP contribution in [0, 0.1) is 12.7 Å². The van der Waals surface area contributed by atoms with Gasteiger partial charge in [0.25, 0.3) is 0 Å². The van der Waals surface area contributed by atoms with Gasteiger partial charge in [0.15, 0.2) is 0 Å². The summed E-state index contributed by atoms with van der Waals surface area (Å²) in [6.07, 6.45) is 0. The second kappa shape index (κ2) is 5.25. The van der Waals surface area contributed by atoms with Crippen LogP contribution in [0.15, 0.2) is 18.2 Å². The summed E-state index contributed by atoms with van der Waals surface area (Å²) in [5.74, 6) is -1.39. The number of hydrogen-bond donors (Lipinski definition) is 2. The third-order valence-corrected chi connectivity index (χ3v) is 2.71. The lowest BCUT2D eigenvalue weighted by molar-refractivity contribution is -0.140. The predicted molar refractivity (Wildman–Crippen MR) is 63.2 cm³/mol. The Morgan fingerprint density at radius 1 is 1.47 bits per heavy atom. The van der Waals surface area contributed by atoms with Crippen LogP contribution < -0.4 is 5.73 Å². The van der Waals surface area contributed by atoms with E-state index in [1.54, 1.807) is 38.1 Å². The smallest absolute Gasteiger partial charge is 0.322 e. The standard InChI is InChI=1S/C12H17FN2O2/c1-7-6-8(4-5-9(7)13)11(15(2)3)10(14)12(16)17/h4-6,10-11H,14H2,1-3H3,(H,16,17). The molecule has 1 aromatic carbocycles. The van der Waals surface area contributed by atoms with E-state index in [-0.39, 0.29) is 5.82 Å². The van der Waals surface area contributed by atoms with Gasteiger partial charge >= 0.3 is 5.97 Å². The highest BCUT2D eigenvalue weighted by Gasteiger charge is 2.27. The average Bonchev–Trinajstić information content (AvgIpc) is 2.22. The van der Waals surface area contributed by atoms with E-state index in [2.05, 4.69) is 0 Å². The Kier molecular flexibility index (Phi) is 4.20. The second-order valence-corrected chi connectivity index (χ2v) is 4.28. The first-order valence-corrected chi connectivity index (χ1v) is 5.25. The molecule has 5 heteroatoms. The molecule has 0 saturated carbocycles. The summed E-state index contributed by atoms with van der Waals surface area (Å²) < 4.78 is 13.2. The number of carboxylic acids is 1. The van der Waals surface area contributed by atoms with Crippen LogP contribution in [0.2, 0.25) is 0 Å². The van der Waals surface area contributed by atoms with Gasteiger partial charge in [0.1, 0.15) is 11.9 Å². The normalized spacial score (nSPS) is 14.7. The summed E-state index contributed by atoms with van der Waals surface area (Å²) in [7, 11) is 3.48. The topological polar surface area (TPSA) is 66.6 Å². The molecule has 0 aliphatic heterocycles. The number of aryl methyl sites for hydroxylation is 1. The number of benzene rings is 1. The summed E-state index contributed by atoms with van der Waals surface area (Å²) in [6, 6.07) is 3.00. The van der Waals surface area contributed by atoms with Crippen LogP contribution in [0.3, 0.4) is 0 Å². The third kappa shape index (κ3) is 3.01. The Morgan fingerprint density at radius 2 is 2.06 bits per heavy atom. The van der Waals surface area contributed by atoms with E-state index in [4.69, 9.17) is 10.8 Å². The zero-order chi connectivity index (χ0) is 13.2. The van der Waals surface area contributed by atoms with Crippen molar-refractivity contribution in [1.82, 2.24) is 4.90 Å². The van der Waals surface area contributed by atoms with Crippen LogP contribution in [0.1, 0.15) is 17.2 Å². The molecular formula is C12H17FN2O2. The maximum atomic E-state index is 13.2. The third-order valence-electron chi connectivity index (χ3n) is 2.71. The highest BCUT2D eigenvalue weighted by molar-refractivity contribution is 5.74. The first-order valence-electron chi connectivity index (χ1n) is 5.25. The van der Waals surface area contributed by atoms with Gasteiger partial charge in [-0.15, -0.1) is 0 Å². The second-order valence-electron chi connectivity index (χ2n) is 4.28. The van der Waals surface area contributed by atoms with Crippen molar-refractivity contribution in [3.05, 3.63) is 35.1 Å². The van der Waals surface area contributed by atoms with Gasteiger partial charge in [-0.2, -0.15) is 0 Å². The van der Waals surface area contributed by atoms with Crippen LogP contribution in [-0.4, -0.2) is 36.1 Å². The SMILES string of the molecule is Cc1cc(C(C(N)C(=O)O)N(C)C)ccc1F. The minimum Gasteiger partial charge on any atom is -0.480 e. The zero-order valence-electron chi connectivity index (χ0n) is 10.1. The van der Waals surface area contributed by atoms with Crippen molar-refractivity contribution in [2.75, 3.05) is 14.1 Å². The first kappa shape index (κ1) is 13.6. The first-order chi connectivity index (χ1) is 7.84. The van der Waals surface area contributed by atoms with Crippen LogP contribution >= 0.6 is 0 Å². The lowest BCUT2D eigenvalue weighted by Crippen LogP contribution is -2.43. The molecule has 2 atom stereocenters. The highest BCUT2D eigenvalue weighted by atomic mass is 19.1. The largest absolute Gasteiger partial charge is 0.480 e. The van der Waals surface area contributed by atoms with E-state index >= 15 is 0 Å². The molecule has 0 fully saturated rings. The quantitative estimate of drug-likeness (QED) is 0.828. The van der Waals surface area contributed by atoms with E-state index in [9.17, 15) is 9.18 Å². The summed E-state index contributed by atoms with van der Waals surface area (Å²) in [4.78, 5) is 12.7. The molecule has 2 unspecified atom stereocenters. The van der Waals surface area contributed by atoms with E-state index in [0.717, 1.165) is 0 Å². The average molecular weight is 240 g/mol. The van der Waals surface area contributed by atoms with Crippen molar-refractivity contribution < 1.29 is 14.3 Å². The van der Waals surface area contributed by atoms with Crippen molar-refractivity contribution in [2.45, 2.75) is 19.0 Å². The Morgan fingerprint density at radius 3 is 2.47 bits per heavy atom. The number of rotatable bonds is 4. The van der Waals surface area contributed by atoms with Crippen molar-refractivity contribution in [2.24, 2.45) is 5.73 Å². The van der Waals surface area contributed by atoms with E-state index in [0.29, 0.717) is 11.1 Å². The van der Waals surface area contributed by atoms with Gasteiger partial charge < -0.3 is 15.7 Å². The molecule has 0 aromatic heterocycles. The number of carboxylic acid groups (broad SMARTS) is 1. The molecule has 0 radical (unpaired) electrons. The van der Waals surface area contributed by atoms with E-state index < -0.39 is 18.1 Å². The van der Waals surface area contributed by atoms with Crippen molar-refractivity contribution in [1.29, 1.82) is 0 Å². The van der Waals surface area contributed by atoms with Gasteiger partial charge in [-0.25, -0.2) is 4.39 Å². The molecule has 0 saturated heterocycles. The molecule has 0 bridgehead atoms. The molecule has 0 aliphatic rings. The maximum Gasteiger partial charge on any atom is 0.322 e. The van der Waals surface area contributed by atoms with Gasteiger partial charge in [0, 0.05) is 0 Å². The molecule has 0 heterocycles. The minimum absolute atomic E-state index is 0.310. The predicted octanol–water partition coefficient (Wildman–Crippen LogP) is 1.15. The van der Waals surface area contributed by atoms with Crippen molar-refractivity contribution >= 4 is 5.97 Å². The molecule has 4 nitrogen and oxygen atoms in total. The molecule has 3 N–H and O–H groups in total. The summed E-state index contributed by atoms with van der Waals surface area (Å²) in [5, 5.41) is 8.96. The van der Waals surface area contributed by atoms with E-state index in [1.165, 1.54) is 6.07 Å². The Balaban J connectivity index is 3.14. The van der Waals surface area contributed by atoms with Crippen LogP contribution in [0.5, 0.6) is 0 Å². The molecule has 0 aliphatic carbocycles. The fourth-order valence-corrected chi connectivity index (χ4v) is 1.81. The number of aliphatic carboxylic acids is 1.